The van der Waals surface area contributed by atoms with Crippen molar-refractivity contribution in [3.8, 4) is 0 Å². The molecule has 1 rings (SSSR count). The number of rotatable bonds is 4. The van der Waals surface area contributed by atoms with Crippen LogP contribution < -0.4 is 16.6 Å². The number of hydrogen-bond acceptors (Lipinski definition) is 5. The van der Waals surface area contributed by atoms with Crippen molar-refractivity contribution in [2.24, 2.45) is 5.84 Å². The molecular formula is C10H15N3O3. The van der Waals surface area contributed by atoms with Crippen molar-refractivity contribution in [1.82, 2.24) is 0 Å². The van der Waals surface area contributed by atoms with Crippen LogP contribution in [0.3, 0.4) is 0 Å². The van der Waals surface area contributed by atoms with Crippen LogP contribution in [-0.2, 0) is 0 Å². The quantitative estimate of drug-likeness (QED) is 0.326. The highest BCUT2D eigenvalue weighted by molar-refractivity contribution is 5.90. The van der Waals surface area contributed by atoms with Crippen molar-refractivity contribution in [3.05, 3.63) is 23.8 Å². The topological polar surface area (TPSA) is 113 Å². The first-order chi connectivity index (χ1) is 7.47. The molecule has 0 spiro atoms. The van der Waals surface area contributed by atoms with Gasteiger partial charge in [-0.2, -0.15) is 0 Å². The van der Waals surface area contributed by atoms with E-state index in [9.17, 15) is 4.79 Å². The van der Waals surface area contributed by atoms with Gasteiger partial charge in [0, 0.05) is 0 Å². The van der Waals surface area contributed by atoms with Gasteiger partial charge >= 0.3 is 5.97 Å². The van der Waals surface area contributed by atoms with E-state index in [2.05, 4.69) is 0 Å². The van der Waals surface area contributed by atoms with Gasteiger partial charge in [-0.1, -0.05) is 0 Å². The summed E-state index contributed by atoms with van der Waals surface area (Å²) >= 11 is 0. The van der Waals surface area contributed by atoms with Crippen LogP contribution in [0.15, 0.2) is 18.2 Å². The Labute approximate surface area is 93.1 Å². The number of benzene rings is 1. The molecule has 0 saturated heterocycles. The minimum atomic E-state index is -1.04. The van der Waals surface area contributed by atoms with E-state index in [-0.39, 0.29) is 23.9 Å². The Morgan fingerprint density at radius 2 is 2.19 bits per heavy atom. The van der Waals surface area contributed by atoms with Crippen molar-refractivity contribution >= 4 is 17.3 Å². The molecule has 1 aromatic rings. The van der Waals surface area contributed by atoms with Crippen molar-refractivity contribution in [2.45, 2.75) is 13.0 Å². The zero-order valence-corrected chi connectivity index (χ0v) is 8.92. The summed E-state index contributed by atoms with van der Waals surface area (Å²) < 4.78 is 0. The van der Waals surface area contributed by atoms with Crippen LogP contribution in [0, 0.1) is 0 Å². The summed E-state index contributed by atoms with van der Waals surface area (Å²) in [6, 6.07) is 3.97. The summed E-state index contributed by atoms with van der Waals surface area (Å²) in [6.45, 7) is 1.61. The number of hydrogen-bond donors (Lipinski definition) is 4. The number of aliphatic hydroxyl groups is 1. The van der Waals surface area contributed by atoms with E-state index >= 15 is 0 Å². The third-order valence-electron chi connectivity index (χ3n) is 2.29. The third-order valence-corrected chi connectivity index (χ3v) is 2.29. The zero-order chi connectivity index (χ0) is 12.3. The molecule has 88 valence electrons. The monoisotopic (exact) mass is 225 g/mol. The molecule has 6 N–H and O–H groups in total. The standard InChI is InChI=1S/C10H15N3O3/c1-6(5-14)13(12)9-3-2-7(10(15)16)4-8(9)11/h2-4,6,14H,5,11-12H2,1H3,(H,15,16). The van der Waals surface area contributed by atoms with E-state index < -0.39 is 5.97 Å². The third kappa shape index (κ3) is 2.41. The fourth-order valence-corrected chi connectivity index (χ4v) is 1.25. The highest BCUT2D eigenvalue weighted by atomic mass is 16.4. The Kier molecular flexibility index (Phi) is 3.70. The van der Waals surface area contributed by atoms with Crippen molar-refractivity contribution in [2.75, 3.05) is 17.3 Å². The number of nitrogens with zero attached hydrogens (tertiary/aromatic N) is 1. The Balaban J connectivity index is 3.03. The number of nitrogens with two attached hydrogens (primary N) is 2. The van der Waals surface area contributed by atoms with Crippen LogP contribution in [0.4, 0.5) is 11.4 Å². The number of carboxylic acid groups (broad SMARTS) is 1. The molecule has 0 radical (unpaired) electrons. The molecular weight excluding hydrogens is 210 g/mol. The summed E-state index contributed by atoms with van der Waals surface area (Å²) in [5.74, 6) is 4.68. The molecule has 0 aliphatic heterocycles. The maximum atomic E-state index is 10.7. The van der Waals surface area contributed by atoms with Crippen molar-refractivity contribution in [3.63, 3.8) is 0 Å². The van der Waals surface area contributed by atoms with Crippen LogP contribution in [0.2, 0.25) is 0 Å². The van der Waals surface area contributed by atoms with Gasteiger partial charge in [0.1, 0.15) is 0 Å². The predicted octanol–water partition coefficient (Wildman–Crippen LogP) is 0.0279. The second-order valence-corrected chi connectivity index (χ2v) is 3.52. The average molecular weight is 225 g/mol. The van der Waals surface area contributed by atoms with Gasteiger partial charge in [0.2, 0.25) is 0 Å². The number of aromatic carboxylic acids is 1. The number of carboxylic acids is 1. The first kappa shape index (κ1) is 12.3. The fraction of sp³-hybridized carbons (Fsp3) is 0.300. The Morgan fingerprint density at radius 1 is 1.56 bits per heavy atom. The molecule has 1 unspecified atom stereocenters. The molecule has 0 fully saturated rings. The van der Waals surface area contributed by atoms with Crippen molar-refractivity contribution < 1.29 is 15.0 Å². The van der Waals surface area contributed by atoms with E-state index in [1.165, 1.54) is 23.2 Å². The summed E-state index contributed by atoms with van der Waals surface area (Å²) in [5.41, 5.74) is 6.55. The number of carbonyl (C=O) groups is 1. The van der Waals surface area contributed by atoms with Gasteiger partial charge in [0.15, 0.2) is 0 Å². The van der Waals surface area contributed by atoms with Crippen LogP contribution in [0.5, 0.6) is 0 Å². The minimum absolute atomic E-state index is 0.103. The maximum Gasteiger partial charge on any atom is 0.335 e. The number of nitrogen functional groups attached to an aromatic ring is 1. The lowest BCUT2D eigenvalue weighted by Gasteiger charge is -2.25. The molecule has 0 aliphatic carbocycles. The highest BCUT2D eigenvalue weighted by Crippen LogP contribution is 2.23. The van der Waals surface area contributed by atoms with Gasteiger partial charge in [-0.3, -0.25) is 0 Å². The van der Waals surface area contributed by atoms with Gasteiger partial charge in [-0.15, -0.1) is 0 Å². The molecule has 0 saturated carbocycles. The van der Waals surface area contributed by atoms with Crippen LogP contribution in [-0.4, -0.2) is 28.8 Å². The van der Waals surface area contributed by atoms with E-state index in [0.717, 1.165) is 0 Å². The fourth-order valence-electron chi connectivity index (χ4n) is 1.25. The minimum Gasteiger partial charge on any atom is -0.478 e. The van der Waals surface area contributed by atoms with Crippen LogP contribution in [0.1, 0.15) is 17.3 Å². The lowest BCUT2D eigenvalue weighted by Crippen LogP contribution is -2.42. The normalized spacial score (nSPS) is 12.2. The smallest absolute Gasteiger partial charge is 0.335 e. The first-order valence-corrected chi connectivity index (χ1v) is 4.75. The molecule has 16 heavy (non-hydrogen) atoms. The molecule has 0 amide bonds. The Hall–Kier alpha value is -1.79. The predicted molar refractivity (Wildman–Crippen MR) is 61.0 cm³/mol. The van der Waals surface area contributed by atoms with E-state index in [1.807, 2.05) is 0 Å². The molecule has 0 bridgehead atoms. The molecule has 1 atom stereocenters. The molecule has 1 aromatic carbocycles. The van der Waals surface area contributed by atoms with Crippen LogP contribution in [0.25, 0.3) is 0 Å². The highest BCUT2D eigenvalue weighted by Gasteiger charge is 2.14. The van der Waals surface area contributed by atoms with E-state index in [4.69, 9.17) is 21.8 Å². The van der Waals surface area contributed by atoms with E-state index in [0.29, 0.717) is 5.69 Å². The molecule has 6 heteroatoms. The number of aliphatic hydroxyl groups excluding tert-OH is 1. The van der Waals surface area contributed by atoms with Gasteiger partial charge in [0.25, 0.3) is 0 Å². The summed E-state index contributed by atoms with van der Waals surface area (Å²) in [5, 5.41) is 19.0. The largest absolute Gasteiger partial charge is 0.478 e. The number of hydrazine groups is 1. The van der Waals surface area contributed by atoms with Gasteiger partial charge in [-0.25, -0.2) is 10.6 Å². The summed E-state index contributed by atoms with van der Waals surface area (Å²) in [6.07, 6.45) is 0. The maximum absolute atomic E-state index is 10.7. The number of anilines is 2. The first-order valence-electron chi connectivity index (χ1n) is 4.75. The second kappa shape index (κ2) is 4.82. The Bertz CT molecular complexity index is 395. The van der Waals surface area contributed by atoms with Gasteiger partial charge in [0.05, 0.1) is 29.6 Å². The molecule has 0 aromatic heterocycles. The van der Waals surface area contributed by atoms with Gasteiger partial charge < -0.3 is 21.0 Å². The van der Waals surface area contributed by atoms with Crippen LogP contribution >= 0.6 is 0 Å². The molecule has 6 nitrogen and oxygen atoms in total. The SMILES string of the molecule is CC(CO)N(N)c1ccc(C(=O)O)cc1N. The summed E-state index contributed by atoms with van der Waals surface area (Å²) in [4.78, 5) is 10.7. The van der Waals surface area contributed by atoms with Gasteiger partial charge in [-0.05, 0) is 25.1 Å². The van der Waals surface area contributed by atoms with Crippen molar-refractivity contribution in [1.29, 1.82) is 0 Å². The second-order valence-electron chi connectivity index (χ2n) is 3.52. The van der Waals surface area contributed by atoms with E-state index in [1.54, 1.807) is 6.92 Å². The average Bonchev–Trinajstić information content (AvgIpc) is 2.26. The molecule has 0 heterocycles. The molecule has 0 aliphatic rings. The zero-order valence-electron chi connectivity index (χ0n) is 8.92. The summed E-state index contributed by atoms with van der Waals surface area (Å²) in [7, 11) is 0. The Morgan fingerprint density at radius 3 is 2.62 bits per heavy atom. The lowest BCUT2D eigenvalue weighted by atomic mass is 10.1. The lowest BCUT2D eigenvalue weighted by molar-refractivity contribution is 0.0697.